The van der Waals surface area contributed by atoms with Gasteiger partial charge in [-0.1, -0.05) is 0 Å². The minimum absolute atomic E-state index is 0.0153. The molecule has 0 atom stereocenters. The SMILES string of the molecule is Cc1ccc(Cn2c(C)c(CCC(=O)O)c(C)nc2=O)o1. The predicted molar refractivity (Wildman–Crippen MR) is 76.5 cm³/mol. The van der Waals surface area contributed by atoms with Gasteiger partial charge in [0.05, 0.1) is 6.54 Å². The number of carbonyl (C=O) groups is 1. The lowest BCUT2D eigenvalue weighted by atomic mass is 10.1. The van der Waals surface area contributed by atoms with Crippen LogP contribution < -0.4 is 5.69 Å². The second kappa shape index (κ2) is 5.95. The molecule has 0 fully saturated rings. The summed E-state index contributed by atoms with van der Waals surface area (Å²) in [6, 6.07) is 3.65. The van der Waals surface area contributed by atoms with E-state index in [4.69, 9.17) is 9.52 Å². The lowest BCUT2D eigenvalue weighted by Crippen LogP contribution is -2.28. The molecule has 0 aromatic carbocycles. The number of hydrogen-bond donors (Lipinski definition) is 1. The van der Waals surface area contributed by atoms with E-state index in [9.17, 15) is 9.59 Å². The van der Waals surface area contributed by atoms with E-state index in [1.807, 2.05) is 26.0 Å². The topological polar surface area (TPSA) is 85.3 Å². The quantitative estimate of drug-likeness (QED) is 0.908. The number of nitrogens with zero attached hydrogens (tertiary/aromatic N) is 2. The van der Waals surface area contributed by atoms with Crippen LogP contribution in [0.2, 0.25) is 0 Å². The zero-order valence-corrected chi connectivity index (χ0v) is 12.3. The van der Waals surface area contributed by atoms with Crippen molar-refractivity contribution < 1.29 is 14.3 Å². The summed E-state index contributed by atoms with van der Waals surface area (Å²) in [7, 11) is 0. The van der Waals surface area contributed by atoms with Crippen LogP contribution in [0, 0.1) is 20.8 Å². The molecule has 6 heteroatoms. The fraction of sp³-hybridized carbons (Fsp3) is 0.400. The second-order valence-electron chi connectivity index (χ2n) is 5.04. The van der Waals surface area contributed by atoms with Crippen LogP contribution in [0.15, 0.2) is 21.3 Å². The van der Waals surface area contributed by atoms with E-state index in [1.165, 1.54) is 4.57 Å². The smallest absolute Gasteiger partial charge is 0.348 e. The van der Waals surface area contributed by atoms with Crippen molar-refractivity contribution in [2.45, 2.75) is 40.2 Å². The van der Waals surface area contributed by atoms with Crippen molar-refractivity contribution in [3.8, 4) is 0 Å². The highest BCUT2D eigenvalue weighted by Crippen LogP contribution is 2.14. The van der Waals surface area contributed by atoms with Crippen molar-refractivity contribution in [3.63, 3.8) is 0 Å². The lowest BCUT2D eigenvalue weighted by Gasteiger charge is -2.14. The highest BCUT2D eigenvalue weighted by molar-refractivity contribution is 5.67. The van der Waals surface area contributed by atoms with Crippen molar-refractivity contribution in [1.29, 1.82) is 0 Å². The Bertz CT molecular complexity index is 728. The fourth-order valence-corrected chi connectivity index (χ4v) is 2.35. The number of furan rings is 1. The summed E-state index contributed by atoms with van der Waals surface area (Å²) in [5, 5.41) is 8.81. The number of hydrogen-bond acceptors (Lipinski definition) is 4. The Morgan fingerprint density at radius 3 is 2.62 bits per heavy atom. The molecule has 0 saturated carbocycles. The summed E-state index contributed by atoms with van der Waals surface area (Å²) in [5.74, 6) is 0.586. The number of aliphatic carboxylic acids is 1. The standard InChI is InChI=1S/C15H18N2O4/c1-9-4-5-12(21-9)8-17-11(3)13(6-7-14(18)19)10(2)16-15(17)20/h4-5H,6-8H2,1-3H3,(H,18,19). The molecule has 2 heterocycles. The normalized spacial score (nSPS) is 10.8. The zero-order valence-electron chi connectivity index (χ0n) is 12.3. The van der Waals surface area contributed by atoms with Crippen LogP contribution in [-0.4, -0.2) is 20.6 Å². The largest absolute Gasteiger partial charge is 0.481 e. The van der Waals surface area contributed by atoms with E-state index >= 15 is 0 Å². The van der Waals surface area contributed by atoms with Crippen LogP contribution in [0.25, 0.3) is 0 Å². The Labute approximate surface area is 122 Å². The Balaban J connectivity index is 2.38. The minimum atomic E-state index is -0.867. The molecule has 2 aromatic heterocycles. The molecule has 0 radical (unpaired) electrons. The number of carboxylic acid groups (broad SMARTS) is 1. The van der Waals surface area contributed by atoms with E-state index < -0.39 is 5.97 Å². The molecule has 2 rings (SSSR count). The zero-order chi connectivity index (χ0) is 15.6. The first-order valence-electron chi connectivity index (χ1n) is 6.72. The van der Waals surface area contributed by atoms with Crippen molar-refractivity contribution in [1.82, 2.24) is 9.55 Å². The average molecular weight is 290 g/mol. The maximum Gasteiger partial charge on any atom is 0.348 e. The molecule has 112 valence electrons. The first kappa shape index (κ1) is 15.0. The van der Waals surface area contributed by atoms with Gasteiger partial charge in [0, 0.05) is 17.8 Å². The molecule has 21 heavy (non-hydrogen) atoms. The minimum Gasteiger partial charge on any atom is -0.481 e. The molecule has 0 saturated heterocycles. The highest BCUT2D eigenvalue weighted by Gasteiger charge is 2.14. The molecule has 0 aliphatic rings. The number of aryl methyl sites for hydroxylation is 2. The first-order valence-corrected chi connectivity index (χ1v) is 6.72. The summed E-state index contributed by atoms with van der Waals surface area (Å²) >= 11 is 0. The molecule has 1 N–H and O–H groups in total. The molecule has 0 aliphatic heterocycles. The van der Waals surface area contributed by atoms with Gasteiger partial charge in [0.25, 0.3) is 0 Å². The third-order valence-electron chi connectivity index (χ3n) is 3.47. The van der Waals surface area contributed by atoms with Gasteiger partial charge in [-0.05, 0) is 44.9 Å². The van der Waals surface area contributed by atoms with Crippen molar-refractivity contribution in [2.24, 2.45) is 0 Å². The van der Waals surface area contributed by atoms with Crippen molar-refractivity contribution in [2.75, 3.05) is 0 Å². The Kier molecular flexibility index (Phi) is 4.26. The third-order valence-corrected chi connectivity index (χ3v) is 3.47. The highest BCUT2D eigenvalue weighted by atomic mass is 16.4. The molecule has 0 unspecified atom stereocenters. The van der Waals surface area contributed by atoms with Crippen molar-refractivity contribution >= 4 is 5.97 Å². The van der Waals surface area contributed by atoms with Crippen molar-refractivity contribution in [3.05, 3.63) is 51.1 Å². The lowest BCUT2D eigenvalue weighted by molar-refractivity contribution is -0.136. The number of aromatic nitrogens is 2. The van der Waals surface area contributed by atoms with Crippen LogP contribution >= 0.6 is 0 Å². The van der Waals surface area contributed by atoms with E-state index in [0.717, 1.165) is 17.0 Å². The van der Waals surface area contributed by atoms with Crippen LogP contribution in [0.4, 0.5) is 0 Å². The third kappa shape index (κ3) is 3.39. The van der Waals surface area contributed by atoms with Gasteiger partial charge in [-0.25, -0.2) is 4.79 Å². The summed E-state index contributed by atoms with van der Waals surface area (Å²) in [4.78, 5) is 26.8. The molecule has 0 amide bonds. The van der Waals surface area contributed by atoms with Gasteiger partial charge in [0.2, 0.25) is 0 Å². The predicted octanol–water partition coefficient (Wildman–Crippen LogP) is 1.83. The van der Waals surface area contributed by atoms with Crippen LogP contribution in [0.3, 0.4) is 0 Å². The fourth-order valence-electron chi connectivity index (χ4n) is 2.35. The monoisotopic (exact) mass is 290 g/mol. The van der Waals surface area contributed by atoms with Crippen LogP contribution in [0.1, 0.15) is 34.9 Å². The Hall–Kier alpha value is -2.37. The summed E-state index contributed by atoms with van der Waals surface area (Å²) in [6.07, 6.45) is 0.374. The molecule has 6 nitrogen and oxygen atoms in total. The number of carboxylic acids is 1. The number of rotatable bonds is 5. The van der Waals surface area contributed by atoms with Gasteiger partial charge in [-0.15, -0.1) is 0 Å². The summed E-state index contributed by atoms with van der Waals surface area (Å²) < 4.78 is 7.00. The van der Waals surface area contributed by atoms with Gasteiger partial charge >= 0.3 is 11.7 Å². The van der Waals surface area contributed by atoms with Gasteiger partial charge in [0.1, 0.15) is 11.5 Å². The molecular weight excluding hydrogens is 272 g/mol. The van der Waals surface area contributed by atoms with Gasteiger partial charge in [-0.3, -0.25) is 9.36 Å². The maximum absolute atomic E-state index is 12.1. The van der Waals surface area contributed by atoms with Crippen LogP contribution in [-0.2, 0) is 17.8 Å². The van der Waals surface area contributed by atoms with E-state index in [-0.39, 0.29) is 12.1 Å². The Morgan fingerprint density at radius 2 is 2.05 bits per heavy atom. The average Bonchev–Trinajstić information content (AvgIpc) is 2.79. The molecule has 0 bridgehead atoms. The van der Waals surface area contributed by atoms with E-state index in [2.05, 4.69) is 4.98 Å². The maximum atomic E-state index is 12.1. The molecule has 0 aliphatic carbocycles. The van der Waals surface area contributed by atoms with Crippen LogP contribution in [0.5, 0.6) is 0 Å². The Morgan fingerprint density at radius 1 is 1.33 bits per heavy atom. The summed E-state index contributed by atoms with van der Waals surface area (Å²) in [6.45, 7) is 5.67. The first-order chi connectivity index (χ1) is 9.88. The molecule has 2 aromatic rings. The molecule has 0 spiro atoms. The van der Waals surface area contributed by atoms with E-state index in [0.29, 0.717) is 24.4 Å². The molecular formula is C15H18N2O4. The van der Waals surface area contributed by atoms with E-state index in [1.54, 1.807) is 6.92 Å². The second-order valence-corrected chi connectivity index (χ2v) is 5.04. The van der Waals surface area contributed by atoms with Gasteiger partial charge < -0.3 is 9.52 Å². The van der Waals surface area contributed by atoms with Gasteiger partial charge in [0.15, 0.2) is 0 Å². The summed E-state index contributed by atoms with van der Waals surface area (Å²) in [5.41, 5.74) is 1.78. The van der Waals surface area contributed by atoms with Gasteiger partial charge in [-0.2, -0.15) is 4.98 Å².